The molecular formula is C21H22FN3OS. The maximum Gasteiger partial charge on any atom is 0.263 e. The average molecular weight is 383 g/mol. The van der Waals surface area contributed by atoms with Crippen LogP contribution in [0.3, 0.4) is 0 Å². The number of halogens is 1. The first-order valence-electron chi connectivity index (χ1n) is 9.49. The van der Waals surface area contributed by atoms with Gasteiger partial charge in [-0.1, -0.05) is 18.2 Å². The van der Waals surface area contributed by atoms with Crippen LogP contribution in [-0.2, 0) is 0 Å². The zero-order valence-corrected chi connectivity index (χ0v) is 16.2. The molecule has 0 spiro atoms. The topological polar surface area (TPSA) is 37.6 Å². The van der Waals surface area contributed by atoms with Crippen LogP contribution in [0.4, 0.5) is 4.39 Å². The predicted octanol–water partition coefficient (Wildman–Crippen LogP) is 4.00. The van der Waals surface area contributed by atoms with Crippen LogP contribution >= 0.6 is 11.3 Å². The molecule has 5 rings (SSSR count). The van der Waals surface area contributed by atoms with Gasteiger partial charge in [-0.3, -0.25) is 14.1 Å². The van der Waals surface area contributed by atoms with E-state index in [1.807, 2.05) is 24.4 Å². The summed E-state index contributed by atoms with van der Waals surface area (Å²) in [7, 11) is 0. The molecule has 2 aromatic heterocycles. The third kappa shape index (κ3) is 2.57. The Morgan fingerprint density at radius 3 is 2.93 bits per heavy atom. The summed E-state index contributed by atoms with van der Waals surface area (Å²) in [6.45, 7) is 5.92. The second-order valence-electron chi connectivity index (χ2n) is 7.89. The van der Waals surface area contributed by atoms with Gasteiger partial charge in [-0.15, -0.1) is 11.3 Å². The Balaban J connectivity index is 1.41. The number of aryl methyl sites for hydroxylation is 1. The fourth-order valence-electron chi connectivity index (χ4n) is 5.05. The summed E-state index contributed by atoms with van der Waals surface area (Å²) in [5.41, 5.74) is 2.50. The Morgan fingerprint density at radius 1 is 1.30 bits per heavy atom. The number of hydrogen-bond donors (Lipinski definition) is 0. The molecule has 1 aromatic carbocycles. The Bertz CT molecular complexity index is 1070. The van der Waals surface area contributed by atoms with Crippen molar-refractivity contribution < 1.29 is 4.39 Å². The van der Waals surface area contributed by atoms with E-state index in [1.54, 1.807) is 22.7 Å². The molecular weight excluding hydrogens is 361 g/mol. The van der Waals surface area contributed by atoms with E-state index in [4.69, 9.17) is 0 Å². The smallest absolute Gasteiger partial charge is 0.263 e. The molecule has 140 valence electrons. The number of likely N-dealkylation sites (tertiary alicyclic amines) is 1. The molecule has 1 aliphatic carbocycles. The molecule has 0 bridgehead atoms. The van der Waals surface area contributed by atoms with Gasteiger partial charge in [0.25, 0.3) is 5.56 Å². The molecule has 4 nitrogen and oxygen atoms in total. The van der Waals surface area contributed by atoms with Crippen molar-refractivity contribution in [2.45, 2.75) is 32.2 Å². The predicted molar refractivity (Wildman–Crippen MR) is 105 cm³/mol. The Hall–Kier alpha value is -2.05. The summed E-state index contributed by atoms with van der Waals surface area (Å²) in [5.74, 6) is 1.28. The lowest BCUT2D eigenvalue weighted by molar-refractivity contribution is 0.187. The first kappa shape index (κ1) is 17.1. The standard InChI is InChI=1S/C21H22FN3OS/c1-12-19(20(26)25-7-8-27-21(25)23-12)13(2)24-10-14-9-16(17(14)11-24)15-5-3-4-6-18(15)22/h3-8,13-14,16-17H,9-11H2,1-2H3. The maximum absolute atomic E-state index is 14.2. The largest absolute Gasteiger partial charge is 0.296 e. The van der Waals surface area contributed by atoms with Crippen LogP contribution in [0.25, 0.3) is 4.96 Å². The van der Waals surface area contributed by atoms with Crippen LogP contribution in [0.5, 0.6) is 0 Å². The number of aromatic nitrogens is 2. The summed E-state index contributed by atoms with van der Waals surface area (Å²) in [4.78, 5) is 20.7. The van der Waals surface area contributed by atoms with Crippen molar-refractivity contribution in [3.8, 4) is 0 Å². The van der Waals surface area contributed by atoms with Crippen molar-refractivity contribution in [2.24, 2.45) is 11.8 Å². The van der Waals surface area contributed by atoms with Crippen LogP contribution in [-0.4, -0.2) is 27.4 Å². The molecule has 1 saturated carbocycles. The third-order valence-electron chi connectivity index (χ3n) is 6.56. The fourth-order valence-corrected chi connectivity index (χ4v) is 5.80. The zero-order chi connectivity index (χ0) is 18.7. The summed E-state index contributed by atoms with van der Waals surface area (Å²) in [6, 6.07) is 7.18. The van der Waals surface area contributed by atoms with Crippen molar-refractivity contribution in [1.82, 2.24) is 14.3 Å². The van der Waals surface area contributed by atoms with Gasteiger partial charge in [0.1, 0.15) is 5.82 Å². The second kappa shape index (κ2) is 6.24. The molecule has 0 N–H and O–H groups in total. The van der Waals surface area contributed by atoms with E-state index in [1.165, 1.54) is 11.3 Å². The summed E-state index contributed by atoms with van der Waals surface area (Å²) < 4.78 is 15.8. The van der Waals surface area contributed by atoms with Gasteiger partial charge in [0.15, 0.2) is 4.96 Å². The molecule has 4 unspecified atom stereocenters. The lowest BCUT2D eigenvalue weighted by Gasteiger charge is -2.40. The van der Waals surface area contributed by atoms with E-state index in [0.717, 1.165) is 41.3 Å². The molecule has 1 saturated heterocycles. The highest BCUT2D eigenvalue weighted by Crippen LogP contribution is 2.53. The lowest BCUT2D eigenvalue weighted by atomic mass is 9.64. The monoisotopic (exact) mass is 383 g/mol. The van der Waals surface area contributed by atoms with Gasteiger partial charge in [-0.05, 0) is 49.7 Å². The summed E-state index contributed by atoms with van der Waals surface area (Å²) in [6.07, 6.45) is 2.83. The molecule has 3 aromatic rings. The van der Waals surface area contributed by atoms with Crippen molar-refractivity contribution in [3.63, 3.8) is 0 Å². The molecule has 27 heavy (non-hydrogen) atoms. The molecule has 1 aliphatic heterocycles. The molecule has 6 heteroatoms. The first-order valence-corrected chi connectivity index (χ1v) is 10.4. The van der Waals surface area contributed by atoms with Gasteiger partial charge in [0.05, 0.1) is 11.3 Å². The Kier molecular flexibility index (Phi) is 3.95. The highest BCUT2D eigenvalue weighted by atomic mass is 32.1. The minimum atomic E-state index is -0.0892. The highest BCUT2D eigenvalue weighted by Gasteiger charge is 2.49. The number of fused-ring (bicyclic) bond motifs is 2. The van der Waals surface area contributed by atoms with E-state index in [9.17, 15) is 9.18 Å². The number of hydrogen-bond acceptors (Lipinski definition) is 4. The molecule has 0 amide bonds. The van der Waals surface area contributed by atoms with Crippen LogP contribution in [0, 0.1) is 24.6 Å². The van der Waals surface area contributed by atoms with Gasteiger partial charge in [-0.2, -0.15) is 0 Å². The minimum absolute atomic E-state index is 0.0219. The van der Waals surface area contributed by atoms with Crippen molar-refractivity contribution in [3.05, 3.63) is 68.8 Å². The van der Waals surface area contributed by atoms with Gasteiger partial charge in [0, 0.05) is 30.7 Å². The summed E-state index contributed by atoms with van der Waals surface area (Å²) in [5, 5.41) is 1.90. The van der Waals surface area contributed by atoms with Crippen LogP contribution in [0.15, 0.2) is 40.6 Å². The number of thiazole rings is 1. The van der Waals surface area contributed by atoms with E-state index in [0.29, 0.717) is 17.8 Å². The van der Waals surface area contributed by atoms with E-state index < -0.39 is 0 Å². The number of rotatable bonds is 3. The SMILES string of the molecule is Cc1nc2sccn2c(=O)c1C(C)N1CC2CC(c3ccccc3F)C2C1. The van der Waals surface area contributed by atoms with E-state index in [2.05, 4.69) is 16.8 Å². The van der Waals surface area contributed by atoms with Crippen molar-refractivity contribution in [2.75, 3.05) is 13.1 Å². The molecule has 4 atom stereocenters. The summed E-state index contributed by atoms with van der Waals surface area (Å²) >= 11 is 1.48. The van der Waals surface area contributed by atoms with Crippen LogP contribution < -0.4 is 5.56 Å². The molecule has 0 radical (unpaired) electrons. The number of benzene rings is 1. The molecule has 2 fully saturated rings. The van der Waals surface area contributed by atoms with Crippen LogP contribution in [0.1, 0.15) is 42.1 Å². The average Bonchev–Trinajstić information content (AvgIpc) is 3.22. The Morgan fingerprint density at radius 2 is 2.11 bits per heavy atom. The highest BCUT2D eigenvalue weighted by molar-refractivity contribution is 7.15. The maximum atomic E-state index is 14.2. The Labute approximate surface area is 161 Å². The van der Waals surface area contributed by atoms with Gasteiger partial charge in [-0.25, -0.2) is 9.37 Å². The minimum Gasteiger partial charge on any atom is -0.296 e. The first-order chi connectivity index (χ1) is 13.0. The van der Waals surface area contributed by atoms with E-state index >= 15 is 0 Å². The van der Waals surface area contributed by atoms with Crippen molar-refractivity contribution >= 4 is 16.3 Å². The van der Waals surface area contributed by atoms with Gasteiger partial charge >= 0.3 is 0 Å². The number of nitrogens with zero attached hydrogens (tertiary/aromatic N) is 3. The van der Waals surface area contributed by atoms with E-state index in [-0.39, 0.29) is 17.4 Å². The lowest BCUT2D eigenvalue weighted by Crippen LogP contribution is -2.34. The van der Waals surface area contributed by atoms with Crippen molar-refractivity contribution in [1.29, 1.82) is 0 Å². The van der Waals surface area contributed by atoms with Gasteiger partial charge < -0.3 is 0 Å². The molecule has 3 heterocycles. The second-order valence-corrected chi connectivity index (χ2v) is 8.76. The molecule has 2 aliphatic rings. The normalized spacial score (nSPS) is 26.1. The van der Waals surface area contributed by atoms with Crippen LogP contribution in [0.2, 0.25) is 0 Å². The van der Waals surface area contributed by atoms with Gasteiger partial charge in [0.2, 0.25) is 0 Å². The zero-order valence-electron chi connectivity index (χ0n) is 15.4. The third-order valence-corrected chi connectivity index (χ3v) is 7.31. The fraction of sp³-hybridized carbons (Fsp3) is 0.429. The quantitative estimate of drug-likeness (QED) is 0.686.